The molecule has 0 aliphatic carbocycles. The van der Waals surface area contributed by atoms with Crippen LogP contribution in [0.1, 0.15) is 23.2 Å². The van der Waals surface area contributed by atoms with Gasteiger partial charge in [-0.25, -0.2) is 4.79 Å². The van der Waals surface area contributed by atoms with Crippen molar-refractivity contribution >= 4 is 17.5 Å². The summed E-state index contributed by atoms with van der Waals surface area (Å²) in [6, 6.07) is 17.9. The van der Waals surface area contributed by atoms with E-state index in [0.29, 0.717) is 12.1 Å². The molecule has 112 valence electrons. The van der Waals surface area contributed by atoms with Gasteiger partial charge in [0.15, 0.2) is 5.78 Å². The number of ketones is 1. The number of rotatable bonds is 3. The van der Waals surface area contributed by atoms with Gasteiger partial charge in [0.25, 0.3) is 0 Å². The number of hydrogen-bond acceptors (Lipinski definition) is 2. The minimum Gasteiger partial charge on any atom is -0.314 e. The monoisotopic (exact) mass is 294 g/mol. The van der Waals surface area contributed by atoms with Crippen LogP contribution in [0.3, 0.4) is 0 Å². The van der Waals surface area contributed by atoms with Gasteiger partial charge in [0, 0.05) is 17.8 Å². The van der Waals surface area contributed by atoms with Crippen LogP contribution in [-0.4, -0.2) is 29.3 Å². The third-order valence-electron chi connectivity index (χ3n) is 3.90. The molecule has 3 rings (SSSR count). The summed E-state index contributed by atoms with van der Waals surface area (Å²) in [5.74, 6) is 0.0151. The number of Topliss-reactive ketones (excluding diaryl/α,β-unsaturated/α-hetero) is 1. The van der Waals surface area contributed by atoms with Gasteiger partial charge in [-0.1, -0.05) is 48.5 Å². The van der Waals surface area contributed by atoms with E-state index in [2.05, 4.69) is 5.32 Å². The molecule has 0 spiro atoms. The molecule has 2 amide bonds. The molecule has 0 bridgehead atoms. The van der Waals surface area contributed by atoms with Crippen molar-refractivity contribution in [2.75, 3.05) is 11.9 Å². The molecule has 1 fully saturated rings. The second kappa shape index (κ2) is 6.43. The fourth-order valence-corrected chi connectivity index (χ4v) is 2.79. The molecular formula is C18H18N2O2. The smallest absolute Gasteiger partial charge is 0.314 e. The fourth-order valence-electron chi connectivity index (χ4n) is 2.79. The maximum atomic E-state index is 12.6. The summed E-state index contributed by atoms with van der Waals surface area (Å²) >= 11 is 0. The molecule has 22 heavy (non-hydrogen) atoms. The zero-order chi connectivity index (χ0) is 15.4. The first-order valence-electron chi connectivity index (χ1n) is 7.47. The molecule has 1 N–H and O–H groups in total. The Balaban J connectivity index is 1.73. The van der Waals surface area contributed by atoms with E-state index in [1.807, 2.05) is 48.5 Å². The van der Waals surface area contributed by atoms with Crippen molar-refractivity contribution < 1.29 is 9.59 Å². The standard InChI is InChI=1S/C18H18N2O2/c21-17(14-8-3-1-4-9-14)16-12-7-13-20(16)18(22)19-15-10-5-2-6-11-15/h1-6,8-11,16H,7,12-13H2,(H,19,22). The Bertz CT molecular complexity index is 655. The molecule has 0 aromatic heterocycles. The summed E-state index contributed by atoms with van der Waals surface area (Å²) in [7, 11) is 0. The van der Waals surface area contributed by atoms with E-state index in [4.69, 9.17) is 0 Å². The average Bonchev–Trinajstić information content (AvgIpc) is 3.05. The van der Waals surface area contributed by atoms with Crippen LogP contribution in [0, 0.1) is 0 Å². The van der Waals surface area contributed by atoms with E-state index in [9.17, 15) is 9.59 Å². The molecule has 2 aromatic rings. The zero-order valence-electron chi connectivity index (χ0n) is 12.2. The number of anilines is 1. The van der Waals surface area contributed by atoms with E-state index in [1.165, 1.54) is 0 Å². The van der Waals surface area contributed by atoms with Crippen LogP contribution in [0.5, 0.6) is 0 Å². The van der Waals surface area contributed by atoms with Gasteiger partial charge in [-0.2, -0.15) is 0 Å². The normalized spacial score (nSPS) is 17.3. The van der Waals surface area contributed by atoms with Gasteiger partial charge in [-0.05, 0) is 25.0 Å². The molecule has 1 atom stereocenters. The summed E-state index contributed by atoms with van der Waals surface area (Å²) in [5, 5.41) is 2.85. The van der Waals surface area contributed by atoms with Crippen molar-refractivity contribution in [3.63, 3.8) is 0 Å². The first kappa shape index (κ1) is 14.3. The maximum Gasteiger partial charge on any atom is 0.322 e. The van der Waals surface area contributed by atoms with E-state index < -0.39 is 0 Å². The number of carbonyl (C=O) groups is 2. The third-order valence-corrected chi connectivity index (χ3v) is 3.90. The Hall–Kier alpha value is -2.62. The number of carbonyl (C=O) groups excluding carboxylic acids is 2. The van der Waals surface area contributed by atoms with Crippen LogP contribution in [0.2, 0.25) is 0 Å². The van der Waals surface area contributed by atoms with Crippen LogP contribution in [0.15, 0.2) is 60.7 Å². The summed E-state index contributed by atoms with van der Waals surface area (Å²) in [6.45, 7) is 0.613. The Morgan fingerprint density at radius 1 is 0.955 bits per heavy atom. The van der Waals surface area contributed by atoms with Gasteiger partial charge in [0.1, 0.15) is 0 Å². The maximum absolute atomic E-state index is 12.6. The van der Waals surface area contributed by atoms with Crippen molar-refractivity contribution in [1.29, 1.82) is 0 Å². The number of amides is 2. The average molecular weight is 294 g/mol. The van der Waals surface area contributed by atoms with Crippen molar-refractivity contribution in [1.82, 2.24) is 4.90 Å². The Labute approximate surface area is 129 Å². The Morgan fingerprint density at radius 3 is 2.27 bits per heavy atom. The molecule has 1 heterocycles. The molecule has 1 unspecified atom stereocenters. The van der Waals surface area contributed by atoms with E-state index in [-0.39, 0.29) is 17.9 Å². The molecule has 1 aliphatic heterocycles. The fraction of sp³-hybridized carbons (Fsp3) is 0.222. The number of para-hydroxylation sites is 1. The molecule has 4 heteroatoms. The third kappa shape index (κ3) is 3.01. The number of urea groups is 1. The van der Waals surface area contributed by atoms with Gasteiger partial charge in [0.05, 0.1) is 6.04 Å². The number of nitrogens with one attached hydrogen (secondary N) is 1. The topological polar surface area (TPSA) is 49.4 Å². The molecule has 2 aromatic carbocycles. The minimum atomic E-state index is -0.369. The molecule has 4 nitrogen and oxygen atoms in total. The van der Waals surface area contributed by atoms with Crippen LogP contribution < -0.4 is 5.32 Å². The minimum absolute atomic E-state index is 0.0151. The summed E-state index contributed by atoms with van der Waals surface area (Å²) < 4.78 is 0. The van der Waals surface area contributed by atoms with Gasteiger partial charge < -0.3 is 10.2 Å². The van der Waals surface area contributed by atoms with Crippen LogP contribution >= 0.6 is 0 Å². The van der Waals surface area contributed by atoms with Crippen molar-refractivity contribution in [3.8, 4) is 0 Å². The van der Waals surface area contributed by atoms with Gasteiger partial charge in [-0.3, -0.25) is 4.79 Å². The predicted molar refractivity (Wildman–Crippen MR) is 86.0 cm³/mol. The van der Waals surface area contributed by atoms with Crippen molar-refractivity contribution in [3.05, 3.63) is 66.2 Å². The highest BCUT2D eigenvalue weighted by Gasteiger charge is 2.34. The summed E-state index contributed by atoms with van der Waals surface area (Å²) in [4.78, 5) is 26.7. The first-order valence-corrected chi connectivity index (χ1v) is 7.47. The van der Waals surface area contributed by atoms with Crippen molar-refractivity contribution in [2.45, 2.75) is 18.9 Å². The molecule has 1 aliphatic rings. The highest BCUT2D eigenvalue weighted by molar-refractivity contribution is 6.03. The number of nitrogens with zero attached hydrogens (tertiary/aromatic N) is 1. The summed E-state index contributed by atoms with van der Waals surface area (Å²) in [5.41, 5.74) is 1.40. The lowest BCUT2D eigenvalue weighted by atomic mass is 10.0. The molecule has 1 saturated heterocycles. The highest BCUT2D eigenvalue weighted by atomic mass is 16.2. The van der Waals surface area contributed by atoms with E-state index in [1.54, 1.807) is 17.0 Å². The second-order valence-electron chi connectivity index (χ2n) is 5.38. The van der Waals surface area contributed by atoms with Crippen LogP contribution in [-0.2, 0) is 0 Å². The van der Waals surface area contributed by atoms with E-state index in [0.717, 1.165) is 18.5 Å². The largest absolute Gasteiger partial charge is 0.322 e. The lowest BCUT2D eigenvalue weighted by Gasteiger charge is -2.24. The second-order valence-corrected chi connectivity index (χ2v) is 5.38. The summed E-state index contributed by atoms with van der Waals surface area (Å²) in [6.07, 6.45) is 1.57. The molecule has 0 radical (unpaired) electrons. The van der Waals surface area contributed by atoms with Gasteiger partial charge >= 0.3 is 6.03 Å². The molecular weight excluding hydrogens is 276 g/mol. The predicted octanol–water partition coefficient (Wildman–Crippen LogP) is 3.57. The number of hydrogen-bond donors (Lipinski definition) is 1. The Kier molecular flexibility index (Phi) is 4.19. The lowest BCUT2D eigenvalue weighted by molar-refractivity contribution is 0.0893. The van der Waals surface area contributed by atoms with Gasteiger partial charge in [0.2, 0.25) is 0 Å². The molecule has 0 saturated carbocycles. The zero-order valence-corrected chi connectivity index (χ0v) is 12.2. The SMILES string of the molecule is O=C(c1ccccc1)C1CCCN1C(=O)Nc1ccccc1. The van der Waals surface area contributed by atoms with Crippen LogP contribution in [0.4, 0.5) is 10.5 Å². The van der Waals surface area contributed by atoms with Crippen LogP contribution in [0.25, 0.3) is 0 Å². The number of benzene rings is 2. The van der Waals surface area contributed by atoms with E-state index >= 15 is 0 Å². The quantitative estimate of drug-likeness (QED) is 0.880. The first-order chi connectivity index (χ1) is 10.8. The highest BCUT2D eigenvalue weighted by Crippen LogP contribution is 2.22. The number of likely N-dealkylation sites (tertiary alicyclic amines) is 1. The van der Waals surface area contributed by atoms with Gasteiger partial charge in [-0.15, -0.1) is 0 Å². The van der Waals surface area contributed by atoms with Crippen molar-refractivity contribution in [2.24, 2.45) is 0 Å². The lowest BCUT2D eigenvalue weighted by Crippen LogP contribution is -2.42. The Morgan fingerprint density at radius 2 is 1.59 bits per heavy atom.